The topological polar surface area (TPSA) is 87.2 Å². The molecular weight excluding hydrogens is 476 g/mol. The van der Waals surface area contributed by atoms with E-state index in [1.54, 1.807) is 18.0 Å². The lowest BCUT2D eigenvalue weighted by Crippen LogP contribution is -2.53. The van der Waals surface area contributed by atoms with E-state index in [2.05, 4.69) is 18.8 Å². The van der Waals surface area contributed by atoms with Crippen LogP contribution in [0.2, 0.25) is 0 Å². The van der Waals surface area contributed by atoms with Crippen molar-refractivity contribution in [1.82, 2.24) is 4.90 Å². The SMILES string of the molecule is CC[C@H](C(=O)N(C)CC1CCOC1)N(C(=O)C1CCC(C)CC1)c1cc(C#CC(C)C)sc1C(=O)O. The average molecular weight is 517 g/mol. The molecule has 1 aromatic heterocycles. The van der Waals surface area contributed by atoms with Crippen LogP contribution in [-0.2, 0) is 14.3 Å². The van der Waals surface area contributed by atoms with Gasteiger partial charge < -0.3 is 14.7 Å². The zero-order valence-electron chi connectivity index (χ0n) is 22.2. The Morgan fingerprint density at radius 3 is 2.44 bits per heavy atom. The monoisotopic (exact) mass is 516 g/mol. The molecule has 36 heavy (non-hydrogen) atoms. The first-order valence-corrected chi connectivity index (χ1v) is 14.0. The number of thiophene rings is 1. The molecule has 3 rings (SSSR count). The zero-order chi connectivity index (χ0) is 26.4. The van der Waals surface area contributed by atoms with Crippen LogP contribution in [0.4, 0.5) is 5.69 Å². The van der Waals surface area contributed by atoms with Gasteiger partial charge in [0.2, 0.25) is 11.8 Å². The molecule has 1 aliphatic heterocycles. The van der Waals surface area contributed by atoms with Crippen LogP contribution < -0.4 is 4.90 Å². The molecule has 198 valence electrons. The molecule has 0 aromatic carbocycles. The van der Waals surface area contributed by atoms with Crippen molar-refractivity contribution >= 4 is 34.8 Å². The summed E-state index contributed by atoms with van der Waals surface area (Å²) in [4.78, 5) is 43.9. The number of anilines is 1. The quantitative estimate of drug-likeness (QED) is 0.497. The number of carboxylic acid groups (broad SMARTS) is 1. The van der Waals surface area contributed by atoms with Gasteiger partial charge in [-0.15, -0.1) is 11.3 Å². The lowest BCUT2D eigenvalue weighted by Gasteiger charge is -2.37. The van der Waals surface area contributed by atoms with E-state index in [1.807, 2.05) is 20.8 Å². The van der Waals surface area contributed by atoms with E-state index in [9.17, 15) is 19.5 Å². The molecule has 0 spiro atoms. The maximum absolute atomic E-state index is 14.0. The van der Waals surface area contributed by atoms with E-state index in [0.29, 0.717) is 42.7 Å². The molecule has 7 nitrogen and oxygen atoms in total. The van der Waals surface area contributed by atoms with Crippen molar-refractivity contribution < 1.29 is 24.2 Å². The summed E-state index contributed by atoms with van der Waals surface area (Å²) in [6.07, 6.45) is 4.71. The van der Waals surface area contributed by atoms with Gasteiger partial charge in [0.15, 0.2) is 0 Å². The first-order chi connectivity index (χ1) is 17.1. The third-order valence-corrected chi connectivity index (χ3v) is 8.20. The summed E-state index contributed by atoms with van der Waals surface area (Å²) in [5, 5.41) is 10.0. The highest BCUT2D eigenvalue weighted by atomic mass is 32.1. The van der Waals surface area contributed by atoms with Crippen LogP contribution in [-0.4, -0.2) is 60.6 Å². The normalized spacial score (nSPS) is 22.6. The largest absolute Gasteiger partial charge is 0.477 e. The van der Waals surface area contributed by atoms with E-state index in [4.69, 9.17) is 4.74 Å². The second-order valence-corrected chi connectivity index (χ2v) is 11.6. The van der Waals surface area contributed by atoms with Gasteiger partial charge in [-0.3, -0.25) is 14.5 Å². The second kappa shape index (κ2) is 12.7. The van der Waals surface area contributed by atoms with E-state index in [-0.39, 0.29) is 34.4 Å². The van der Waals surface area contributed by atoms with Crippen molar-refractivity contribution in [3.8, 4) is 11.8 Å². The van der Waals surface area contributed by atoms with Crippen LogP contribution >= 0.6 is 11.3 Å². The lowest BCUT2D eigenvalue weighted by molar-refractivity contribution is -0.135. The van der Waals surface area contributed by atoms with Crippen LogP contribution in [0.1, 0.15) is 80.8 Å². The zero-order valence-corrected chi connectivity index (χ0v) is 23.0. The Bertz CT molecular complexity index is 993. The number of hydrogen-bond acceptors (Lipinski definition) is 5. The van der Waals surface area contributed by atoms with Gasteiger partial charge >= 0.3 is 5.97 Å². The first-order valence-electron chi connectivity index (χ1n) is 13.2. The number of hydrogen-bond donors (Lipinski definition) is 1. The Balaban J connectivity index is 2.01. The van der Waals surface area contributed by atoms with Crippen molar-refractivity contribution in [2.24, 2.45) is 23.7 Å². The molecule has 2 heterocycles. The molecule has 2 atom stereocenters. The molecule has 2 fully saturated rings. The molecule has 1 saturated carbocycles. The Kier molecular flexibility index (Phi) is 9.98. The van der Waals surface area contributed by atoms with Gasteiger partial charge in [-0.1, -0.05) is 39.5 Å². The molecule has 1 unspecified atom stereocenters. The number of aromatic carboxylic acids is 1. The Morgan fingerprint density at radius 1 is 1.19 bits per heavy atom. The average Bonchev–Trinajstić information content (AvgIpc) is 3.50. The molecule has 1 saturated heterocycles. The highest BCUT2D eigenvalue weighted by Gasteiger charge is 2.39. The van der Waals surface area contributed by atoms with E-state index < -0.39 is 12.0 Å². The number of carbonyl (C=O) groups is 3. The molecule has 1 N–H and O–H groups in total. The lowest BCUT2D eigenvalue weighted by atomic mass is 9.82. The van der Waals surface area contributed by atoms with Gasteiger partial charge in [0.1, 0.15) is 10.9 Å². The third-order valence-electron chi connectivity index (χ3n) is 7.17. The molecular formula is C28H40N2O5S. The third kappa shape index (κ3) is 6.89. The van der Waals surface area contributed by atoms with Crippen molar-refractivity contribution in [2.75, 3.05) is 31.7 Å². The minimum Gasteiger partial charge on any atom is -0.477 e. The van der Waals surface area contributed by atoms with Gasteiger partial charge in [0, 0.05) is 38.0 Å². The summed E-state index contributed by atoms with van der Waals surface area (Å²) in [5.74, 6) is 5.46. The first kappa shape index (κ1) is 28.2. The van der Waals surface area contributed by atoms with E-state index in [0.717, 1.165) is 43.4 Å². The fourth-order valence-corrected chi connectivity index (χ4v) is 5.91. The number of carbonyl (C=O) groups excluding carboxylic acids is 2. The number of rotatable bonds is 8. The van der Waals surface area contributed by atoms with Gasteiger partial charge in [-0.25, -0.2) is 4.79 Å². The number of ether oxygens (including phenoxy) is 1. The fourth-order valence-electron chi connectivity index (χ4n) is 5.06. The smallest absolute Gasteiger partial charge is 0.348 e. The second-order valence-electron chi connectivity index (χ2n) is 10.6. The predicted octanol–water partition coefficient (Wildman–Crippen LogP) is 4.89. The van der Waals surface area contributed by atoms with Crippen LogP contribution in [0.25, 0.3) is 0 Å². The predicted molar refractivity (Wildman–Crippen MR) is 142 cm³/mol. The van der Waals surface area contributed by atoms with Crippen molar-refractivity contribution in [2.45, 2.75) is 72.3 Å². The van der Waals surface area contributed by atoms with E-state index in [1.165, 1.54) is 4.90 Å². The fraction of sp³-hybridized carbons (Fsp3) is 0.679. The summed E-state index contributed by atoms with van der Waals surface area (Å²) in [7, 11) is 1.76. The minimum atomic E-state index is -1.11. The maximum atomic E-state index is 14.0. The van der Waals surface area contributed by atoms with Crippen LogP contribution in [0.3, 0.4) is 0 Å². The standard InChI is InChI=1S/C28H40N2O5S/c1-6-23(27(32)29(5)16-20-13-14-35-17-20)30(26(31)21-10-8-19(4)9-11-21)24-15-22(12-7-18(2)3)36-25(24)28(33)34/h15,18-21,23H,6,8-11,13-14,16-17H2,1-5H3,(H,33,34)/t19?,20?,21?,23-/m1/s1. The number of amides is 2. The van der Waals surface area contributed by atoms with Gasteiger partial charge in [-0.2, -0.15) is 0 Å². The minimum absolute atomic E-state index is 0.0543. The molecule has 8 heteroatoms. The van der Waals surface area contributed by atoms with Crippen LogP contribution in [0.5, 0.6) is 0 Å². The van der Waals surface area contributed by atoms with E-state index >= 15 is 0 Å². The molecule has 1 aromatic rings. The molecule has 0 radical (unpaired) electrons. The summed E-state index contributed by atoms with van der Waals surface area (Å²) in [5.41, 5.74) is 0.293. The molecule has 2 amide bonds. The van der Waals surface area contributed by atoms with Gasteiger partial charge in [0.05, 0.1) is 17.2 Å². The highest BCUT2D eigenvalue weighted by molar-refractivity contribution is 7.15. The van der Waals surface area contributed by atoms with Crippen molar-refractivity contribution in [3.05, 3.63) is 15.8 Å². The highest BCUT2D eigenvalue weighted by Crippen LogP contribution is 2.37. The molecule has 2 aliphatic rings. The summed E-state index contributed by atoms with van der Waals surface area (Å²) >= 11 is 1.07. The van der Waals surface area contributed by atoms with Gasteiger partial charge in [0.25, 0.3) is 0 Å². The Labute approximate surface area is 219 Å². The number of likely N-dealkylation sites (N-methyl/N-ethyl adjacent to an activating group) is 1. The molecule has 0 bridgehead atoms. The number of carboxylic acids is 1. The van der Waals surface area contributed by atoms with Crippen LogP contribution in [0.15, 0.2) is 6.07 Å². The maximum Gasteiger partial charge on any atom is 0.348 e. The summed E-state index contributed by atoms with van der Waals surface area (Å²) in [6.45, 7) is 9.89. The summed E-state index contributed by atoms with van der Waals surface area (Å²) in [6, 6.07) is 0.913. The summed E-state index contributed by atoms with van der Waals surface area (Å²) < 4.78 is 5.47. The molecule has 1 aliphatic carbocycles. The Morgan fingerprint density at radius 2 is 1.89 bits per heavy atom. The van der Waals surface area contributed by atoms with Crippen molar-refractivity contribution in [3.63, 3.8) is 0 Å². The van der Waals surface area contributed by atoms with Crippen molar-refractivity contribution in [1.29, 1.82) is 0 Å². The number of nitrogens with zero attached hydrogens (tertiary/aromatic N) is 2. The Hall–Kier alpha value is -2.37. The van der Waals surface area contributed by atoms with Crippen LogP contribution in [0, 0.1) is 35.5 Å². The van der Waals surface area contributed by atoms with Gasteiger partial charge in [-0.05, 0) is 50.5 Å².